The summed E-state index contributed by atoms with van der Waals surface area (Å²) in [4.78, 5) is 23.9. The molecule has 4 nitrogen and oxygen atoms in total. The van der Waals surface area contributed by atoms with Crippen LogP contribution in [0.2, 0.25) is 5.02 Å². The van der Waals surface area contributed by atoms with Crippen molar-refractivity contribution >= 4 is 29.1 Å². The number of nitrogens with one attached hydrogen (secondary N) is 2. The molecule has 1 saturated carbocycles. The molecule has 0 unspecified atom stereocenters. The molecule has 1 aromatic carbocycles. The third kappa shape index (κ3) is 4.74. The Morgan fingerprint density at radius 3 is 2.67 bits per heavy atom. The van der Waals surface area contributed by atoms with Gasteiger partial charge in [-0.05, 0) is 37.5 Å². The molecule has 0 aliphatic heterocycles. The topological polar surface area (TPSA) is 58.2 Å². The van der Waals surface area contributed by atoms with Crippen LogP contribution in [-0.4, -0.2) is 18.4 Å². The van der Waals surface area contributed by atoms with E-state index in [1.807, 2.05) is 13.0 Å². The molecule has 0 spiro atoms. The van der Waals surface area contributed by atoms with Gasteiger partial charge in [-0.3, -0.25) is 9.59 Å². The zero-order chi connectivity index (χ0) is 15.2. The number of benzene rings is 1. The molecule has 0 bridgehead atoms. The van der Waals surface area contributed by atoms with E-state index in [0.29, 0.717) is 10.7 Å². The van der Waals surface area contributed by atoms with Gasteiger partial charge < -0.3 is 10.6 Å². The van der Waals surface area contributed by atoms with E-state index in [-0.39, 0.29) is 24.3 Å². The lowest BCUT2D eigenvalue weighted by Crippen LogP contribution is -2.37. The molecule has 2 N–H and O–H groups in total. The van der Waals surface area contributed by atoms with Gasteiger partial charge in [-0.15, -0.1) is 0 Å². The SMILES string of the molecule is Cc1ccc(Cl)cc1NC(=O)CNC(=O)C1CCCCC1. The van der Waals surface area contributed by atoms with Crippen molar-refractivity contribution in [3.8, 4) is 0 Å². The number of carbonyl (C=O) groups is 2. The highest BCUT2D eigenvalue weighted by Gasteiger charge is 2.21. The average Bonchev–Trinajstić information content (AvgIpc) is 2.49. The van der Waals surface area contributed by atoms with Crippen molar-refractivity contribution in [1.29, 1.82) is 0 Å². The molecule has 0 saturated heterocycles. The Hall–Kier alpha value is -1.55. The molecule has 5 heteroatoms. The molecule has 21 heavy (non-hydrogen) atoms. The normalized spacial score (nSPS) is 15.5. The lowest BCUT2D eigenvalue weighted by molar-refractivity contribution is -0.128. The number of amides is 2. The zero-order valence-electron chi connectivity index (χ0n) is 12.2. The van der Waals surface area contributed by atoms with E-state index in [1.165, 1.54) is 6.42 Å². The fourth-order valence-corrected chi connectivity index (χ4v) is 2.77. The third-order valence-corrected chi connectivity index (χ3v) is 4.11. The number of rotatable bonds is 4. The molecule has 0 heterocycles. The lowest BCUT2D eigenvalue weighted by atomic mass is 9.89. The van der Waals surface area contributed by atoms with Gasteiger partial charge in [-0.1, -0.05) is 36.9 Å². The Balaban J connectivity index is 1.81. The highest BCUT2D eigenvalue weighted by Crippen LogP contribution is 2.23. The van der Waals surface area contributed by atoms with E-state index in [1.54, 1.807) is 12.1 Å². The number of hydrogen-bond donors (Lipinski definition) is 2. The summed E-state index contributed by atoms with van der Waals surface area (Å²) in [6, 6.07) is 5.33. The second-order valence-electron chi connectivity index (χ2n) is 5.56. The van der Waals surface area contributed by atoms with E-state index in [4.69, 9.17) is 11.6 Å². The number of hydrogen-bond acceptors (Lipinski definition) is 2. The summed E-state index contributed by atoms with van der Waals surface area (Å²) in [5, 5.41) is 6.07. The molecule has 1 fully saturated rings. The van der Waals surface area contributed by atoms with Crippen LogP contribution in [0, 0.1) is 12.8 Å². The monoisotopic (exact) mass is 308 g/mol. The minimum atomic E-state index is -0.232. The molecular formula is C16H21ClN2O2. The molecule has 0 atom stereocenters. The summed E-state index contributed by atoms with van der Waals surface area (Å²) in [7, 11) is 0. The molecule has 1 aromatic rings. The Bertz CT molecular complexity index is 525. The quantitative estimate of drug-likeness (QED) is 0.896. The third-order valence-electron chi connectivity index (χ3n) is 3.87. The Kier molecular flexibility index (Phi) is 5.62. The maximum absolute atomic E-state index is 12.0. The van der Waals surface area contributed by atoms with Crippen LogP contribution >= 0.6 is 11.6 Å². The summed E-state index contributed by atoms with van der Waals surface area (Å²) in [5.41, 5.74) is 1.62. The van der Waals surface area contributed by atoms with Crippen LogP contribution in [-0.2, 0) is 9.59 Å². The van der Waals surface area contributed by atoms with E-state index in [2.05, 4.69) is 10.6 Å². The fourth-order valence-electron chi connectivity index (χ4n) is 2.60. The molecule has 2 amide bonds. The highest BCUT2D eigenvalue weighted by atomic mass is 35.5. The largest absolute Gasteiger partial charge is 0.347 e. The van der Waals surface area contributed by atoms with E-state index in [0.717, 1.165) is 31.2 Å². The number of carbonyl (C=O) groups excluding carboxylic acids is 2. The minimum absolute atomic E-state index is 0.00128. The van der Waals surface area contributed by atoms with Gasteiger partial charge in [-0.2, -0.15) is 0 Å². The average molecular weight is 309 g/mol. The summed E-state index contributed by atoms with van der Waals surface area (Å²) in [5.74, 6) is -0.170. The van der Waals surface area contributed by atoms with Gasteiger partial charge in [0.2, 0.25) is 11.8 Å². The predicted octanol–water partition coefficient (Wildman–Crippen LogP) is 3.28. The van der Waals surface area contributed by atoms with Crippen LogP contribution in [0.3, 0.4) is 0 Å². The van der Waals surface area contributed by atoms with Crippen molar-refractivity contribution < 1.29 is 9.59 Å². The van der Waals surface area contributed by atoms with Crippen molar-refractivity contribution in [2.24, 2.45) is 5.92 Å². The van der Waals surface area contributed by atoms with Crippen LogP contribution in [0.15, 0.2) is 18.2 Å². The Labute approximate surface area is 130 Å². The first kappa shape index (κ1) is 15.8. The van der Waals surface area contributed by atoms with E-state index < -0.39 is 0 Å². The fraction of sp³-hybridized carbons (Fsp3) is 0.500. The number of halogens is 1. The lowest BCUT2D eigenvalue weighted by Gasteiger charge is -2.20. The standard InChI is InChI=1S/C16H21ClN2O2/c1-11-7-8-13(17)9-14(11)19-15(20)10-18-16(21)12-5-3-2-4-6-12/h7-9,12H,2-6,10H2,1H3,(H,18,21)(H,19,20). The first-order valence-corrected chi connectivity index (χ1v) is 7.78. The van der Waals surface area contributed by atoms with Gasteiger partial charge in [0.05, 0.1) is 6.54 Å². The van der Waals surface area contributed by atoms with Crippen molar-refractivity contribution in [3.63, 3.8) is 0 Å². The zero-order valence-corrected chi connectivity index (χ0v) is 13.0. The molecular weight excluding hydrogens is 288 g/mol. The van der Waals surface area contributed by atoms with Crippen LogP contribution in [0.1, 0.15) is 37.7 Å². The maximum atomic E-state index is 12.0. The van der Waals surface area contributed by atoms with Gasteiger partial charge in [0.25, 0.3) is 0 Å². The molecule has 0 radical (unpaired) electrons. The van der Waals surface area contributed by atoms with Crippen LogP contribution < -0.4 is 10.6 Å². The summed E-state index contributed by atoms with van der Waals surface area (Å²) < 4.78 is 0. The van der Waals surface area contributed by atoms with Crippen molar-refractivity contribution in [1.82, 2.24) is 5.32 Å². The molecule has 0 aromatic heterocycles. The van der Waals surface area contributed by atoms with Crippen molar-refractivity contribution in [2.75, 3.05) is 11.9 Å². The summed E-state index contributed by atoms with van der Waals surface area (Å²) in [6.45, 7) is 1.90. The van der Waals surface area contributed by atoms with E-state index >= 15 is 0 Å². The Morgan fingerprint density at radius 1 is 1.24 bits per heavy atom. The molecule has 114 valence electrons. The number of aryl methyl sites for hydroxylation is 1. The minimum Gasteiger partial charge on any atom is -0.347 e. The maximum Gasteiger partial charge on any atom is 0.243 e. The van der Waals surface area contributed by atoms with Gasteiger partial charge in [0.15, 0.2) is 0 Å². The predicted molar refractivity (Wildman–Crippen MR) is 84.4 cm³/mol. The van der Waals surface area contributed by atoms with Gasteiger partial charge in [0, 0.05) is 16.6 Å². The summed E-state index contributed by atoms with van der Waals surface area (Å²) in [6.07, 6.45) is 5.28. The van der Waals surface area contributed by atoms with E-state index in [9.17, 15) is 9.59 Å². The van der Waals surface area contributed by atoms with Gasteiger partial charge >= 0.3 is 0 Å². The van der Waals surface area contributed by atoms with Crippen LogP contribution in [0.4, 0.5) is 5.69 Å². The second kappa shape index (κ2) is 7.46. The smallest absolute Gasteiger partial charge is 0.243 e. The van der Waals surface area contributed by atoms with Crippen molar-refractivity contribution in [2.45, 2.75) is 39.0 Å². The molecule has 1 aliphatic rings. The summed E-state index contributed by atoms with van der Waals surface area (Å²) >= 11 is 5.91. The number of anilines is 1. The first-order valence-electron chi connectivity index (χ1n) is 7.40. The van der Waals surface area contributed by atoms with Gasteiger partial charge in [0.1, 0.15) is 0 Å². The van der Waals surface area contributed by atoms with Gasteiger partial charge in [-0.25, -0.2) is 0 Å². The van der Waals surface area contributed by atoms with Crippen LogP contribution in [0.5, 0.6) is 0 Å². The highest BCUT2D eigenvalue weighted by molar-refractivity contribution is 6.31. The van der Waals surface area contributed by atoms with Crippen molar-refractivity contribution in [3.05, 3.63) is 28.8 Å². The second-order valence-corrected chi connectivity index (χ2v) is 6.00. The molecule has 1 aliphatic carbocycles. The van der Waals surface area contributed by atoms with Crippen LogP contribution in [0.25, 0.3) is 0 Å². The Morgan fingerprint density at radius 2 is 1.95 bits per heavy atom. The molecule has 2 rings (SSSR count). The first-order chi connectivity index (χ1) is 10.1.